The second-order valence-electron chi connectivity index (χ2n) is 3.01. The van der Waals surface area contributed by atoms with Gasteiger partial charge in [-0.15, -0.1) is 0 Å². The average molecular weight is 208 g/mol. The normalized spacial score (nSPS) is 9.67. The fourth-order valence-electron chi connectivity index (χ4n) is 0.988. The third kappa shape index (κ3) is 3.05. The van der Waals surface area contributed by atoms with E-state index in [1.165, 1.54) is 6.20 Å². The van der Waals surface area contributed by atoms with Crippen molar-refractivity contribution in [1.29, 1.82) is 0 Å². The summed E-state index contributed by atoms with van der Waals surface area (Å²) < 4.78 is 6.48. The van der Waals surface area contributed by atoms with Gasteiger partial charge in [0.2, 0.25) is 0 Å². The minimum atomic E-state index is -0.428. The SMILES string of the molecule is C=C(C)C(=O)OCCn1ccnc1C=O. The Kier molecular flexibility index (Phi) is 3.79. The number of carbonyl (C=O) groups is 2. The lowest BCUT2D eigenvalue weighted by molar-refractivity contribution is -0.139. The third-order valence-corrected chi connectivity index (χ3v) is 1.77. The molecule has 5 heteroatoms. The Labute approximate surface area is 87.4 Å². The molecule has 15 heavy (non-hydrogen) atoms. The molecule has 0 saturated carbocycles. The fourth-order valence-corrected chi connectivity index (χ4v) is 0.988. The van der Waals surface area contributed by atoms with E-state index in [2.05, 4.69) is 11.6 Å². The van der Waals surface area contributed by atoms with E-state index in [-0.39, 0.29) is 6.61 Å². The molecule has 1 rings (SSSR count). The molecule has 0 aliphatic heterocycles. The first-order valence-electron chi connectivity index (χ1n) is 4.44. The van der Waals surface area contributed by atoms with Crippen molar-refractivity contribution in [3.8, 4) is 0 Å². The van der Waals surface area contributed by atoms with Crippen molar-refractivity contribution in [1.82, 2.24) is 9.55 Å². The Morgan fingerprint density at radius 3 is 3.07 bits per heavy atom. The second-order valence-corrected chi connectivity index (χ2v) is 3.01. The third-order valence-electron chi connectivity index (χ3n) is 1.77. The molecule has 0 bridgehead atoms. The standard InChI is InChI=1S/C10H12N2O3/c1-8(2)10(14)15-6-5-12-4-3-11-9(12)7-13/h3-4,7H,1,5-6H2,2H3. The van der Waals surface area contributed by atoms with Gasteiger partial charge in [0.15, 0.2) is 12.1 Å². The van der Waals surface area contributed by atoms with Crippen LogP contribution in [0.2, 0.25) is 0 Å². The minimum absolute atomic E-state index is 0.197. The summed E-state index contributed by atoms with van der Waals surface area (Å²) in [6.07, 6.45) is 3.82. The van der Waals surface area contributed by atoms with E-state index in [4.69, 9.17) is 4.74 Å². The number of ether oxygens (including phenoxy) is 1. The number of esters is 1. The van der Waals surface area contributed by atoms with Crippen LogP contribution in [0.1, 0.15) is 17.5 Å². The molecule has 1 aromatic heterocycles. The van der Waals surface area contributed by atoms with Gasteiger partial charge in [-0.1, -0.05) is 6.58 Å². The van der Waals surface area contributed by atoms with Crippen LogP contribution in [-0.2, 0) is 16.1 Å². The van der Waals surface area contributed by atoms with Crippen LogP contribution in [-0.4, -0.2) is 28.4 Å². The maximum absolute atomic E-state index is 11.0. The zero-order chi connectivity index (χ0) is 11.3. The molecule has 0 fully saturated rings. The van der Waals surface area contributed by atoms with Crippen molar-refractivity contribution < 1.29 is 14.3 Å². The maximum atomic E-state index is 11.0. The Bertz CT molecular complexity index is 382. The Morgan fingerprint density at radius 1 is 1.73 bits per heavy atom. The largest absolute Gasteiger partial charge is 0.460 e. The highest BCUT2D eigenvalue weighted by atomic mass is 16.5. The topological polar surface area (TPSA) is 61.2 Å². The van der Waals surface area contributed by atoms with Crippen molar-refractivity contribution in [2.75, 3.05) is 6.61 Å². The molecule has 0 spiro atoms. The predicted molar refractivity (Wildman–Crippen MR) is 53.4 cm³/mol. The summed E-state index contributed by atoms with van der Waals surface area (Å²) in [7, 11) is 0. The summed E-state index contributed by atoms with van der Waals surface area (Å²) in [5, 5.41) is 0. The van der Waals surface area contributed by atoms with Gasteiger partial charge in [-0.3, -0.25) is 4.79 Å². The maximum Gasteiger partial charge on any atom is 0.333 e. The van der Waals surface area contributed by atoms with Gasteiger partial charge in [-0.25, -0.2) is 9.78 Å². The molecule has 0 unspecified atom stereocenters. The van der Waals surface area contributed by atoms with Gasteiger partial charge >= 0.3 is 5.97 Å². The number of rotatable bonds is 5. The fraction of sp³-hybridized carbons (Fsp3) is 0.300. The lowest BCUT2D eigenvalue weighted by Crippen LogP contribution is -2.12. The van der Waals surface area contributed by atoms with E-state index >= 15 is 0 Å². The van der Waals surface area contributed by atoms with Gasteiger partial charge in [-0.2, -0.15) is 0 Å². The number of hydrogen-bond donors (Lipinski definition) is 0. The summed E-state index contributed by atoms with van der Waals surface area (Å²) in [4.78, 5) is 25.3. The molecule has 0 atom stereocenters. The molecular formula is C10H12N2O3. The highest BCUT2D eigenvalue weighted by Gasteiger charge is 2.04. The van der Waals surface area contributed by atoms with E-state index < -0.39 is 5.97 Å². The number of aldehydes is 1. The number of nitrogens with zero attached hydrogens (tertiary/aromatic N) is 2. The molecule has 0 aliphatic rings. The van der Waals surface area contributed by atoms with Crippen LogP contribution in [0.4, 0.5) is 0 Å². The smallest absolute Gasteiger partial charge is 0.333 e. The van der Waals surface area contributed by atoms with E-state index in [0.717, 1.165) is 0 Å². The molecule has 0 N–H and O–H groups in total. The molecule has 1 aromatic rings. The van der Waals surface area contributed by atoms with Gasteiger partial charge in [0.1, 0.15) is 6.61 Å². The Morgan fingerprint density at radius 2 is 2.47 bits per heavy atom. The highest BCUT2D eigenvalue weighted by Crippen LogP contribution is 1.96. The van der Waals surface area contributed by atoms with E-state index in [1.807, 2.05) is 0 Å². The zero-order valence-electron chi connectivity index (χ0n) is 8.47. The predicted octanol–water partition coefficient (Wildman–Crippen LogP) is 0.815. The van der Waals surface area contributed by atoms with Crippen LogP contribution in [0.3, 0.4) is 0 Å². The molecule has 0 radical (unpaired) electrons. The lowest BCUT2D eigenvalue weighted by atomic mass is 10.4. The van der Waals surface area contributed by atoms with Gasteiger partial charge in [0.25, 0.3) is 0 Å². The quantitative estimate of drug-likeness (QED) is 0.408. The average Bonchev–Trinajstić information content (AvgIpc) is 2.65. The van der Waals surface area contributed by atoms with Crippen LogP contribution >= 0.6 is 0 Å². The van der Waals surface area contributed by atoms with Crippen molar-refractivity contribution in [2.45, 2.75) is 13.5 Å². The minimum Gasteiger partial charge on any atom is -0.460 e. The van der Waals surface area contributed by atoms with Gasteiger partial charge in [0, 0.05) is 18.0 Å². The molecule has 0 saturated heterocycles. The van der Waals surface area contributed by atoms with Gasteiger partial charge in [0.05, 0.1) is 6.54 Å². The van der Waals surface area contributed by atoms with Crippen LogP contribution in [0.15, 0.2) is 24.5 Å². The van der Waals surface area contributed by atoms with Crippen molar-refractivity contribution in [2.24, 2.45) is 0 Å². The summed E-state index contributed by atoms with van der Waals surface area (Å²) in [6.45, 7) is 5.64. The van der Waals surface area contributed by atoms with Crippen LogP contribution in [0.25, 0.3) is 0 Å². The Hall–Kier alpha value is -1.91. The van der Waals surface area contributed by atoms with Gasteiger partial charge in [-0.05, 0) is 6.92 Å². The van der Waals surface area contributed by atoms with Crippen LogP contribution < -0.4 is 0 Å². The molecular weight excluding hydrogens is 196 g/mol. The summed E-state index contributed by atoms with van der Waals surface area (Å²) >= 11 is 0. The number of aromatic nitrogens is 2. The van der Waals surface area contributed by atoms with Crippen molar-refractivity contribution in [3.05, 3.63) is 30.4 Å². The highest BCUT2D eigenvalue weighted by molar-refractivity contribution is 5.86. The number of carbonyl (C=O) groups excluding carboxylic acids is 2. The first kappa shape index (κ1) is 11.2. The van der Waals surface area contributed by atoms with Crippen LogP contribution in [0.5, 0.6) is 0 Å². The van der Waals surface area contributed by atoms with E-state index in [0.29, 0.717) is 24.2 Å². The van der Waals surface area contributed by atoms with Crippen molar-refractivity contribution in [3.63, 3.8) is 0 Å². The second kappa shape index (κ2) is 5.09. The molecule has 0 amide bonds. The molecule has 0 aromatic carbocycles. The summed E-state index contributed by atoms with van der Waals surface area (Å²) in [5.74, 6) is -0.107. The van der Waals surface area contributed by atoms with Gasteiger partial charge < -0.3 is 9.30 Å². The molecule has 0 aliphatic carbocycles. The van der Waals surface area contributed by atoms with E-state index in [9.17, 15) is 9.59 Å². The van der Waals surface area contributed by atoms with Crippen molar-refractivity contribution >= 4 is 12.3 Å². The molecule has 80 valence electrons. The lowest BCUT2D eigenvalue weighted by Gasteiger charge is -2.05. The first-order chi connectivity index (χ1) is 7.15. The summed E-state index contributed by atoms with van der Waals surface area (Å²) in [6, 6.07) is 0. The number of imidazole rings is 1. The molecule has 5 nitrogen and oxygen atoms in total. The Balaban J connectivity index is 2.41. The first-order valence-corrected chi connectivity index (χ1v) is 4.44. The molecule has 1 heterocycles. The van der Waals surface area contributed by atoms with Crippen LogP contribution in [0, 0.1) is 0 Å². The zero-order valence-corrected chi connectivity index (χ0v) is 8.47. The monoisotopic (exact) mass is 208 g/mol. The number of hydrogen-bond acceptors (Lipinski definition) is 4. The van der Waals surface area contributed by atoms with E-state index in [1.54, 1.807) is 17.7 Å². The summed E-state index contributed by atoms with van der Waals surface area (Å²) in [5.41, 5.74) is 0.358.